The van der Waals surface area contributed by atoms with Crippen LogP contribution in [0.3, 0.4) is 0 Å². The maximum Gasteiger partial charge on any atom is 0.322 e. The average Bonchev–Trinajstić information content (AvgIpc) is 2.97. The Bertz CT molecular complexity index is 1670. The Labute approximate surface area is 268 Å². The van der Waals surface area contributed by atoms with Crippen molar-refractivity contribution < 1.29 is 31.5 Å². The van der Waals surface area contributed by atoms with Crippen LogP contribution < -0.4 is 20.5 Å². The summed E-state index contributed by atoms with van der Waals surface area (Å²) in [5.74, 6) is -2.21. The molecule has 1 aromatic heterocycles. The summed E-state index contributed by atoms with van der Waals surface area (Å²) in [5, 5.41) is 2.52. The Morgan fingerprint density at radius 2 is 1.85 bits per heavy atom. The fraction of sp³-hybridized carbons (Fsp3) is 0.406. The molecule has 1 aliphatic heterocycles. The summed E-state index contributed by atoms with van der Waals surface area (Å²) in [4.78, 5) is 33.6. The molecule has 14 heteroatoms. The summed E-state index contributed by atoms with van der Waals surface area (Å²) in [6, 6.07) is 11.2. The van der Waals surface area contributed by atoms with Crippen LogP contribution in [0.2, 0.25) is 0 Å². The lowest BCUT2D eigenvalue weighted by Gasteiger charge is -2.42. The van der Waals surface area contributed by atoms with Crippen molar-refractivity contribution in [1.82, 2.24) is 14.8 Å². The van der Waals surface area contributed by atoms with Crippen molar-refractivity contribution in [1.29, 1.82) is 0 Å². The van der Waals surface area contributed by atoms with E-state index in [2.05, 4.69) is 26.8 Å². The van der Waals surface area contributed by atoms with Crippen LogP contribution in [0.25, 0.3) is 0 Å². The number of carbonyl (C=O) groups excluding carboxylic acids is 2. The molecule has 0 saturated carbocycles. The lowest BCUT2D eigenvalue weighted by atomic mass is 9.96. The molecular weight excluding hydrogens is 618 g/mol. The van der Waals surface area contributed by atoms with Gasteiger partial charge in [-0.05, 0) is 69.0 Å². The van der Waals surface area contributed by atoms with Gasteiger partial charge in [-0.2, -0.15) is 0 Å². The number of anilines is 2. The van der Waals surface area contributed by atoms with Crippen molar-refractivity contribution in [3.8, 4) is 11.6 Å². The van der Waals surface area contributed by atoms with Crippen molar-refractivity contribution in [2.75, 3.05) is 29.4 Å². The monoisotopic (exact) mass is 658 g/mol. The molecule has 0 radical (unpaired) electrons. The molecule has 2 heterocycles. The average molecular weight is 659 g/mol. The van der Waals surface area contributed by atoms with Gasteiger partial charge in [0.25, 0.3) is 5.91 Å². The van der Waals surface area contributed by atoms with Gasteiger partial charge in [-0.15, -0.1) is 0 Å². The third-order valence-corrected chi connectivity index (χ3v) is 8.53. The molecule has 248 valence electrons. The van der Waals surface area contributed by atoms with Gasteiger partial charge in [0, 0.05) is 55.2 Å². The molecule has 4 rings (SSSR count). The van der Waals surface area contributed by atoms with Gasteiger partial charge in [0.05, 0.1) is 17.5 Å². The zero-order chi connectivity index (χ0) is 33.6. The Kier molecular flexibility index (Phi) is 11.2. The number of hydrogen-bond donors (Lipinski definition) is 3. The fourth-order valence-electron chi connectivity index (χ4n) is 5.45. The molecule has 2 atom stereocenters. The predicted molar refractivity (Wildman–Crippen MR) is 172 cm³/mol. The first-order chi connectivity index (χ1) is 21.7. The minimum Gasteiger partial charge on any atom is -0.439 e. The number of urea groups is 1. The van der Waals surface area contributed by atoms with E-state index in [1.807, 2.05) is 19.9 Å². The maximum atomic E-state index is 14.5. The first-order valence-electron chi connectivity index (χ1n) is 15.1. The number of benzene rings is 2. The lowest BCUT2D eigenvalue weighted by Crippen LogP contribution is -2.51. The van der Waals surface area contributed by atoms with Crippen LogP contribution in [0.15, 0.2) is 48.5 Å². The highest BCUT2D eigenvalue weighted by Gasteiger charge is 2.32. The Morgan fingerprint density at radius 1 is 1.13 bits per heavy atom. The number of rotatable bonds is 12. The number of sulfonamides is 1. The van der Waals surface area contributed by atoms with Gasteiger partial charge in [-0.25, -0.2) is 27.0 Å². The Hall–Kier alpha value is -4.30. The first kappa shape index (κ1) is 34.6. The second-order valence-corrected chi connectivity index (χ2v) is 13.3. The zero-order valence-electron chi connectivity index (χ0n) is 26.3. The highest BCUT2D eigenvalue weighted by Crippen LogP contribution is 2.28. The quantitative estimate of drug-likeness (QED) is 0.229. The number of primary amides is 1. The molecule has 1 saturated heterocycles. The molecule has 0 spiro atoms. The van der Waals surface area contributed by atoms with Gasteiger partial charge in [-0.3, -0.25) is 14.4 Å². The minimum atomic E-state index is -3.37. The topological polar surface area (TPSA) is 147 Å². The number of aromatic nitrogens is 1. The van der Waals surface area contributed by atoms with Crippen molar-refractivity contribution in [2.24, 2.45) is 5.73 Å². The van der Waals surface area contributed by atoms with Crippen LogP contribution >= 0.6 is 0 Å². The molecule has 0 aliphatic carbocycles. The van der Waals surface area contributed by atoms with E-state index < -0.39 is 39.2 Å². The van der Waals surface area contributed by atoms with Crippen molar-refractivity contribution in [3.05, 3.63) is 77.0 Å². The van der Waals surface area contributed by atoms with Crippen LogP contribution in [0.1, 0.15) is 61.1 Å². The number of nitrogens with zero attached hydrogens (tertiary/aromatic N) is 3. The first-order valence-corrected chi connectivity index (χ1v) is 17.0. The molecule has 46 heavy (non-hydrogen) atoms. The maximum absolute atomic E-state index is 14.5. The van der Waals surface area contributed by atoms with E-state index in [1.54, 1.807) is 35.2 Å². The second kappa shape index (κ2) is 14.9. The molecular formula is C32H40F2N6O5S. The number of pyridine rings is 1. The van der Waals surface area contributed by atoms with Crippen molar-refractivity contribution in [2.45, 2.75) is 65.1 Å². The lowest BCUT2D eigenvalue weighted by molar-refractivity contribution is 0.0839. The van der Waals surface area contributed by atoms with Gasteiger partial charge in [0.15, 0.2) is 0 Å². The number of nitrogens with one attached hydrogen (secondary N) is 2. The Balaban J connectivity index is 1.38. The largest absolute Gasteiger partial charge is 0.439 e. The minimum absolute atomic E-state index is 0.106. The molecule has 3 aromatic rings. The molecule has 2 aromatic carbocycles. The molecule has 0 bridgehead atoms. The normalized spacial score (nSPS) is 16.9. The van der Waals surface area contributed by atoms with Crippen LogP contribution in [-0.4, -0.2) is 66.6 Å². The summed E-state index contributed by atoms with van der Waals surface area (Å²) in [6.45, 7) is 7.85. The zero-order valence-corrected chi connectivity index (χ0v) is 27.2. The SMILES string of the molecule is CCCCN(C(=O)Nc1cc(C(N)=O)c(F)cc1F)C1CCN(Cc2ccc(Oc3ccc(NS(C)(=O)=O)cc3)nc2C)C(C)C1. The van der Waals surface area contributed by atoms with E-state index in [1.165, 1.54) is 0 Å². The molecule has 4 N–H and O–H groups in total. The van der Waals surface area contributed by atoms with Gasteiger partial charge in [-0.1, -0.05) is 19.4 Å². The van der Waals surface area contributed by atoms with Crippen molar-refractivity contribution >= 4 is 33.3 Å². The van der Waals surface area contributed by atoms with Crippen LogP contribution in [0.5, 0.6) is 11.6 Å². The molecule has 2 unspecified atom stereocenters. The van der Waals surface area contributed by atoms with E-state index in [0.717, 1.165) is 36.4 Å². The van der Waals surface area contributed by atoms with Gasteiger partial charge >= 0.3 is 6.03 Å². The molecule has 1 aliphatic rings. The van der Waals surface area contributed by atoms with E-state index in [-0.39, 0.29) is 17.8 Å². The van der Waals surface area contributed by atoms with Gasteiger partial charge < -0.3 is 20.7 Å². The summed E-state index contributed by atoms with van der Waals surface area (Å²) in [5.41, 5.74) is 6.67. The van der Waals surface area contributed by atoms with Gasteiger partial charge in [0.1, 0.15) is 17.4 Å². The van der Waals surface area contributed by atoms with Crippen LogP contribution in [0, 0.1) is 18.6 Å². The summed E-state index contributed by atoms with van der Waals surface area (Å²) >= 11 is 0. The van der Waals surface area contributed by atoms with E-state index in [0.29, 0.717) is 55.9 Å². The summed E-state index contributed by atoms with van der Waals surface area (Å²) in [6.07, 6.45) is 4.07. The van der Waals surface area contributed by atoms with Crippen LogP contribution in [-0.2, 0) is 16.6 Å². The van der Waals surface area contributed by atoms with Crippen molar-refractivity contribution in [3.63, 3.8) is 0 Å². The number of unbranched alkanes of at least 4 members (excludes halogenated alkanes) is 1. The van der Waals surface area contributed by atoms with E-state index in [4.69, 9.17) is 10.5 Å². The van der Waals surface area contributed by atoms with E-state index >= 15 is 0 Å². The number of carbonyl (C=O) groups is 2. The smallest absolute Gasteiger partial charge is 0.322 e. The second-order valence-electron chi connectivity index (χ2n) is 11.5. The molecule has 3 amide bonds. The summed E-state index contributed by atoms with van der Waals surface area (Å²) in [7, 11) is -3.37. The highest BCUT2D eigenvalue weighted by atomic mass is 32.2. The number of ether oxygens (including phenoxy) is 1. The number of halogens is 2. The Morgan fingerprint density at radius 3 is 2.46 bits per heavy atom. The number of nitrogens with two attached hydrogens (primary N) is 1. The molecule has 1 fully saturated rings. The predicted octanol–water partition coefficient (Wildman–Crippen LogP) is 5.62. The number of likely N-dealkylation sites (tertiary alicyclic amines) is 1. The third-order valence-electron chi connectivity index (χ3n) is 7.93. The summed E-state index contributed by atoms with van der Waals surface area (Å²) < 4.78 is 59.6. The van der Waals surface area contributed by atoms with E-state index in [9.17, 15) is 26.8 Å². The third kappa shape index (κ3) is 9.13. The standard InChI is InChI=1S/C32H40F2N6O5S/c1-5-6-14-40(32(42)37-29-17-26(31(35)41)27(33)18-28(29)34)24-13-15-39(20(2)16-24)19-22-7-12-30(36-21(22)3)45-25-10-8-23(9-11-25)38-46(4,43)44/h7-12,17-18,20,24,38H,5-6,13-16,19H2,1-4H3,(H2,35,41)(H,37,42). The number of hydrogen-bond acceptors (Lipinski definition) is 7. The number of amides is 3. The van der Waals surface area contributed by atoms with Gasteiger partial charge in [0.2, 0.25) is 15.9 Å². The number of piperidine rings is 1. The number of aryl methyl sites for hydroxylation is 1. The van der Waals surface area contributed by atoms with Crippen LogP contribution in [0.4, 0.5) is 25.0 Å². The fourth-order valence-corrected chi connectivity index (χ4v) is 6.01. The highest BCUT2D eigenvalue weighted by molar-refractivity contribution is 7.92. The molecule has 11 nitrogen and oxygen atoms in total.